The Morgan fingerprint density at radius 2 is 2.00 bits per heavy atom. The molecule has 0 saturated carbocycles. The Morgan fingerprint density at radius 1 is 1.18 bits per heavy atom. The highest BCUT2D eigenvalue weighted by Crippen LogP contribution is 2.21. The molecule has 0 spiro atoms. The summed E-state index contributed by atoms with van der Waals surface area (Å²) in [6.45, 7) is 2.14. The third-order valence-corrected chi connectivity index (χ3v) is 3.99. The van der Waals surface area contributed by atoms with Crippen LogP contribution in [0.3, 0.4) is 0 Å². The van der Waals surface area contributed by atoms with Crippen molar-refractivity contribution in [3.63, 3.8) is 0 Å². The number of aryl methyl sites for hydroxylation is 1. The first kappa shape index (κ1) is 14.4. The lowest BCUT2D eigenvalue weighted by molar-refractivity contribution is 0.0468. The molecule has 110 valence electrons. The van der Waals surface area contributed by atoms with E-state index in [-0.39, 0.29) is 12.6 Å². The lowest BCUT2D eigenvalue weighted by Gasteiger charge is -2.03. The summed E-state index contributed by atoms with van der Waals surface area (Å²) in [5.41, 5.74) is 3.21. The predicted molar refractivity (Wildman–Crippen MR) is 85.6 cm³/mol. The largest absolute Gasteiger partial charge is 0.456 e. The first-order valence-electron chi connectivity index (χ1n) is 6.82. The molecule has 0 unspecified atom stereocenters. The minimum absolute atomic E-state index is 0.163. The van der Waals surface area contributed by atoms with E-state index in [0.29, 0.717) is 5.56 Å². The number of ether oxygens (including phenoxy) is 1. The Kier molecular flexibility index (Phi) is 4.25. The molecule has 4 nitrogen and oxygen atoms in total. The van der Waals surface area contributed by atoms with E-state index in [9.17, 15) is 4.79 Å². The second-order valence-corrected chi connectivity index (χ2v) is 5.66. The standard InChI is InChI=1S/C17H14N2O2S/c1-12-5-7-13(8-6-12)17(20)21-10-14-11-22-16(19-14)15-4-2-3-9-18-15/h2-9,11H,10H2,1H3. The van der Waals surface area contributed by atoms with Crippen molar-refractivity contribution in [1.82, 2.24) is 9.97 Å². The van der Waals surface area contributed by atoms with Crippen LogP contribution in [0, 0.1) is 6.92 Å². The van der Waals surface area contributed by atoms with Crippen LogP contribution in [0.4, 0.5) is 0 Å². The molecule has 0 aliphatic carbocycles. The van der Waals surface area contributed by atoms with E-state index < -0.39 is 0 Å². The number of hydrogen-bond donors (Lipinski definition) is 0. The Morgan fingerprint density at radius 3 is 2.73 bits per heavy atom. The Balaban J connectivity index is 1.64. The molecule has 0 radical (unpaired) electrons. The average molecular weight is 310 g/mol. The maximum absolute atomic E-state index is 11.9. The smallest absolute Gasteiger partial charge is 0.338 e. The maximum Gasteiger partial charge on any atom is 0.338 e. The molecule has 22 heavy (non-hydrogen) atoms. The van der Waals surface area contributed by atoms with Crippen LogP contribution in [-0.2, 0) is 11.3 Å². The molecule has 1 aromatic carbocycles. The fourth-order valence-electron chi connectivity index (χ4n) is 1.89. The van der Waals surface area contributed by atoms with E-state index in [1.165, 1.54) is 11.3 Å². The fourth-order valence-corrected chi connectivity index (χ4v) is 2.67. The molecular formula is C17H14N2O2S. The van der Waals surface area contributed by atoms with Crippen LogP contribution in [0.15, 0.2) is 54.0 Å². The van der Waals surface area contributed by atoms with Gasteiger partial charge in [0, 0.05) is 11.6 Å². The summed E-state index contributed by atoms with van der Waals surface area (Å²) in [5.74, 6) is -0.340. The van der Waals surface area contributed by atoms with E-state index >= 15 is 0 Å². The SMILES string of the molecule is Cc1ccc(C(=O)OCc2csc(-c3ccccn3)n2)cc1. The topological polar surface area (TPSA) is 52.1 Å². The lowest BCUT2D eigenvalue weighted by Crippen LogP contribution is -2.05. The second-order valence-electron chi connectivity index (χ2n) is 4.80. The Hall–Kier alpha value is -2.53. The Labute approximate surface area is 132 Å². The number of rotatable bonds is 4. The van der Waals surface area contributed by atoms with Gasteiger partial charge in [-0.2, -0.15) is 0 Å². The molecule has 0 aliphatic heterocycles. The van der Waals surface area contributed by atoms with Crippen molar-refractivity contribution in [3.8, 4) is 10.7 Å². The van der Waals surface area contributed by atoms with Crippen molar-refractivity contribution in [2.45, 2.75) is 13.5 Å². The fraction of sp³-hybridized carbons (Fsp3) is 0.118. The summed E-state index contributed by atoms with van der Waals surface area (Å²) < 4.78 is 5.29. The summed E-state index contributed by atoms with van der Waals surface area (Å²) in [6.07, 6.45) is 1.73. The van der Waals surface area contributed by atoms with Gasteiger partial charge >= 0.3 is 5.97 Å². The van der Waals surface area contributed by atoms with Crippen LogP contribution in [-0.4, -0.2) is 15.9 Å². The summed E-state index contributed by atoms with van der Waals surface area (Å²) in [5, 5.41) is 2.70. The second kappa shape index (κ2) is 6.49. The first-order chi connectivity index (χ1) is 10.7. The number of nitrogens with zero attached hydrogens (tertiary/aromatic N) is 2. The van der Waals surface area contributed by atoms with Gasteiger partial charge in [-0.05, 0) is 31.2 Å². The van der Waals surface area contributed by atoms with Gasteiger partial charge in [-0.1, -0.05) is 23.8 Å². The van der Waals surface area contributed by atoms with Gasteiger partial charge in [0.05, 0.1) is 17.0 Å². The zero-order valence-electron chi connectivity index (χ0n) is 12.0. The van der Waals surface area contributed by atoms with Gasteiger partial charge in [0.15, 0.2) is 0 Å². The molecule has 3 aromatic rings. The van der Waals surface area contributed by atoms with Gasteiger partial charge < -0.3 is 4.74 Å². The average Bonchev–Trinajstić information content (AvgIpc) is 3.03. The summed E-state index contributed by atoms with van der Waals surface area (Å²) in [6, 6.07) is 13.0. The number of benzene rings is 1. The first-order valence-corrected chi connectivity index (χ1v) is 7.70. The number of pyridine rings is 1. The number of aromatic nitrogens is 2. The molecule has 2 heterocycles. The maximum atomic E-state index is 11.9. The minimum Gasteiger partial charge on any atom is -0.456 e. The predicted octanol–water partition coefficient (Wildman–Crippen LogP) is 3.87. The van der Waals surface area contributed by atoms with E-state index in [0.717, 1.165) is 22.0 Å². The zero-order chi connectivity index (χ0) is 15.4. The quantitative estimate of drug-likeness (QED) is 0.686. The number of esters is 1. The Bertz CT molecular complexity index is 767. The van der Waals surface area contributed by atoms with Crippen molar-refractivity contribution in [3.05, 3.63) is 70.9 Å². The van der Waals surface area contributed by atoms with Gasteiger partial charge in [0.2, 0.25) is 0 Å². The lowest BCUT2D eigenvalue weighted by atomic mass is 10.1. The molecule has 0 N–H and O–H groups in total. The number of carbonyl (C=O) groups is 1. The zero-order valence-corrected chi connectivity index (χ0v) is 12.8. The molecular weight excluding hydrogens is 296 g/mol. The highest BCUT2D eigenvalue weighted by Gasteiger charge is 2.10. The van der Waals surface area contributed by atoms with Gasteiger partial charge in [-0.3, -0.25) is 4.98 Å². The molecule has 0 atom stereocenters. The van der Waals surface area contributed by atoms with E-state index in [4.69, 9.17) is 4.74 Å². The number of carbonyl (C=O) groups excluding carboxylic acids is 1. The van der Waals surface area contributed by atoms with Crippen LogP contribution in [0.1, 0.15) is 21.6 Å². The summed E-state index contributed by atoms with van der Waals surface area (Å²) >= 11 is 1.49. The van der Waals surface area contributed by atoms with Gasteiger partial charge in [-0.15, -0.1) is 11.3 Å². The molecule has 0 aliphatic rings. The molecule has 3 rings (SSSR count). The van der Waals surface area contributed by atoms with Crippen molar-refractivity contribution < 1.29 is 9.53 Å². The van der Waals surface area contributed by atoms with Crippen molar-refractivity contribution in [2.75, 3.05) is 0 Å². The monoisotopic (exact) mass is 310 g/mol. The van der Waals surface area contributed by atoms with Gasteiger partial charge in [0.1, 0.15) is 11.6 Å². The number of thiazole rings is 1. The third-order valence-electron chi connectivity index (χ3n) is 3.07. The van der Waals surface area contributed by atoms with Crippen LogP contribution in [0.5, 0.6) is 0 Å². The van der Waals surface area contributed by atoms with Crippen molar-refractivity contribution >= 4 is 17.3 Å². The van der Waals surface area contributed by atoms with Crippen LogP contribution in [0.2, 0.25) is 0 Å². The minimum atomic E-state index is -0.340. The molecule has 0 bridgehead atoms. The van der Waals surface area contributed by atoms with Crippen molar-refractivity contribution in [2.24, 2.45) is 0 Å². The highest BCUT2D eigenvalue weighted by atomic mass is 32.1. The molecule has 0 fully saturated rings. The van der Waals surface area contributed by atoms with E-state index in [1.54, 1.807) is 18.3 Å². The van der Waals surface area contributed by atoms with Crippen LogP contribution in [0.25, 0.3) is 10.7 Å². The third kappa shape index (κ3) is 3.38. The van der Waals surface area contributed by atoms with E-state index in [2.05, 4.69) is 9.97 Å². The highest BCUT2D eigenvalue weighted by molar-refractivity contribution is 7.13. The van der Waals surface area contributed by atoms with Gasteiger partial charge in [-0.25, -0.2) is 9.78 Å². The van der Waals surface area contributed by atoms with E-state index in [1.807, 2.05) is 42.6 Å². The molecule has 2 aromatic heterocycles. The van der Waals surface area contributed by atoms with Crippen LogP contribution < -0.4 is 0 Å². The van der Waals surface area contributed by atoms with Gasteiger partial charge in [0.25, 0.3) is 0 Å². The molecule has 0 saturated heterocycles. The summed E-state index contributed by atoms with van der Waals surface area (Å²) in [4.78, 5) is 20.6. The number of hydrogen-bond acceptors (Lipinski definition) is 5. The summed E-state index contributed by atoms with van der Waals surface area (Å²) in [7, 11) is 0. The van der Waals surface area contributed by atoms with Crippen molar-refractivity contribution in [1.29, 1.82) is 0 Å². The molecule has 5 heteroatoms. The van der Waals surface area contributed by atoms with Crippen LogP contribution >= 0.6 is 11.3 Å². The molecule has 0 amide bonds. The normalized spacial score (nSPS) is 10.4.